The molecule has 16 bridgehead atoms. The molecule has 30 heterocycles. The van der Waals surface area contributed by atoms with E-state index in [1.807, 2.05) is 0 Å². The summed E-state index contributed by atoms with van der Waals surface area (Å²) in [4.78, 5) is 82.3. The van der Waals surface area contributed by atoms with Crippen LogP contribution < -0.4 is 0 Å². The van der Waals surface area contributed by atoms with E-state index in [4.69, 9.17) is 75.8 Å². The molecule has 30 rings (SSSR count). The first-order valence-corrected chi connectivity index (χ1v) is 48.6. The molecule has 0 amide bonds. The molecule has 0 radical (unpaired) electrons. The molecule has 30 aliphatic heterocycles. The topological polar surface area (TPSA) is 770 Å². The average molecular weight is 1960 g/mol. The Balaban J connectivity index is 1.11. The molecule has 125 heavy (non-hydrogen) atoms. The third-order valence-electron chi connectivity index (χ3n) is 21.0. The predicted octanol–water partition coefficient (Wildman–Crippen LogP) is -8.67. The normalized spacial score (nSPS) is 42.5. The summed E-state index contributed by atoms with van der Waals surface area (Å²) in [7, 11) is 0. The summed E-state index contributed by atoms with van der Waals surface area (Å²) >= 11 is 3.11. The van der Waals surface area contributed by atoms with Gasteiger partial charge in [-0.05, 0) is 0 Å². The maximum absolute atomic E-state index is 12.8. The van der Waals surface area contributed by atoms with Crippen molar-refractivity contribution in [2.75, 3.05) is 86.3 Å². The van der Waals surface area contributed by atoms with Crippen LogP contribution in [0.5, 0.6) is 0 Å². The van der Waals surface area contributed by atoms with Crippen molar-refractivity contribution in [3.8, 4) is 0 Å². The molecule has 56 heteroatoms. The average Bonchev–Trinajstić information content (AvgIpc) is 0.767. The zero-order valence-corrected chi connectivity index (χ0v) is 72.5. The molecule has 30 saturated heterocycles. The molecule has 30 fully saturated rings. The Hall–Kier alpha value is -2.43. The van der Waals surface area contributed by atoms with Crippen LogP contribution in [0.4, 0.5) is 0 Å². The van der Waals surface area contributed by atoms with Crippen molar-refractivity contribution in [1.29, 1.82) is 0 Å². The summed E-state index contributed by atoms with van der Waals surface area (Å²) in [6.07, 6.45) is -87.0. The van der Waals surface area contributed by atoms with Gasteiger partial charge in [-0.2, -0.15) is 82.3 Å². The van der Waals surface area contributed by atoms with Gasteiger partial charge in [-0.15, -0.1) is 0 Å². The van der Waals surface area contributed by atoms with Gasteiger partial charge in [0.1, 0.15) is 153 Å². The molecular formula is C69H108O48S8. The first-order valence-electron chi connectivity index (χ1n) is 39.3. The first kappa shape index (κ1) is 106. The second-order valence-corrected chi connectivity index (χ2v) is 39.0. The number of thioether (sulfide) groups is 7. The van der Waals surface area contributed by atoms with Crippen molar-refractivity contribution in [2.24, 2.45) is 0 Å². The van der Waals surface area contributed by atoms with Crippen molar-refractivity contribution in [1.82, 2.24) is 0 Å². The van der Waals surface area contributed by atoms with Crippen molar-refractivity contribution >= 4 is 135 Å². The Labute approximate surface area is 743 Å². The van der Waals surface area contributed by atoms with Crippen molar-refractivity contribution in [3.63, 3.8) is 0 Å². The van der Waals surface area contributed by atoms with Crippen molar-refractivity contribution in [2.45, 2.75) is 291 Å². The van der Waals surface area contributed by atoms with Gasteiger partial charge in [0.2, 0.25) is 0 Å². The van der Waals surface area contributed by atoms with Crippen LogP contribution in [0.3, 0.4) is 0 Å². The van der Waals surface area contributed by atoms with E-state index in [0.29, 0.717) is 0 Å². The summed E-state index contributed by atoms with van der Waals surface area (Å²) in [5.41, 5.74) is 0. The zero-order chi connectivity index (χ0) is 91.5. The first-order chi connectivity index (χ1) is 59.2. The number of carbonyl (C=O) groups is 7. The van der Waals surface area contributed by atoms with Gasteiger partial charge in [0.25, 0.3) is 0 Å². The largest absolute Gasteiger partial charge is 0.481 e. The lowest BCUT2D eigenvalue weighted by Gasteiger charge is -2.51. The minimum atomic E-state index is -2.95. The number of rotatable bonds is 37. The van der Waals surface area contributed by atoms with Gasteiger partial charge in [0, 0.05) is 80.5 Å². The zero-order valence-electron chi connectivity index (χ0n) is 65.9. The highest BCUT2D eigenvalue weighted by Crippen LogP contribution is 2.43. The second kappa shape index (κ2) is 50.8. The lowest BCUT2D eigenvalue weighted by molar-refractivity contribution is -0.396. The van der Waals surface area contributed by atoms with Crippen LogP contribution in [0.1, 0.15) is 44.9 Å². The van der Waals surface area contributed by atoms with E-state index in [2.05, 4.69) is 0 Å². The Morgan fingerprint density at radius 2 is 0.320 bits per heavy atom. The lowest BCUT2D eigenvalue weighted by atomic mass is 9.95. The molecular weight excluding hydrogens is 1850 g/mol. The lowest BCUT2D eigenvalue weighted by Crippen LogP contribution is -2.69. The van der Waals surface area contributed by atoms with Gasteiger partial charge in [-0.1, -0.05) is 0 Å². The maximum Gasteiger partial charge on any atom is 0.304 e. The van der Waals surface area contributed by atoms with E-state index in [1.165, 1.54) is 0 Å². The molecule has 0 aromatic heterocycles. The van der Waals surface area contributed by atoms with Crippen LogP contribution in [0, 0.1) is 0 Å². The Kier molecular flexibility index (Phi) is 43.2. The number of aliphatic carboxylic acids is 7. The molecule has 0 spiro atoms. The Morgan fingerprint density at radius 3 is 0.440 bits per heavy atom. The molecule has 720 valence electrons. The standard InChI is InChI=1S/C69H108O48S8/c70-31(71)1-8-118-15-23-54-38(84)46(92)62(102-23)111-55-24(16-119-9-2-32(72)73)104-64(48(94)40(55)86)113-57-26(18-121-11-4-34(76)77)106-66(50(96)42(57)88)115-59-28(20-123-13-6-36(80)81)108-68(52(98)44(59)90)117-61-30(22-125(100)101)109-69(53(99)45(61)91)116-60-29(21-124-14-7-37(82)83)107-67(51(97)43(60)89)114-58-27(19-122-12-5-35(78)79)105-65(49(95)41(58)87)112-56-25(17-120-10-3-33(74)75)103-63(110-54)47(93)39(56)85/h23-30,38-69,84-99H,1-22H2,(H,70,71)(H,72,73)(H,74,75)(H,76,77)(H,78,79)(H,80,81)(H,82,83)(H,100,101)/t23-,24-,25-,26-,27-,28-,29-,30-,38-,39-,40-,41-,42-,43-,44-,45-,46-,47-,48-,49-,50-,51-,52-,53-,54-,55-,56-,57-,58-,59-,60-,61-,62-,63-,64-,65-,66-,67-,68-,69-/m1/s1. The van der Waals surface area contributed by atoms with Crippen LogP contribution in [0.25, 0.3) is 0 Å². The van der Waals surface area contributed by atoms with Crippen LogP contribution in [0.15, 0.2) is 0 Å². The number of aliphatic hydroxyl groups excluding tert-OH is 16. The monoisotopic (exact) mass is 1960 g/mol. The van der Waals surface area contributed by atoms with Gasteiger partial charge >= 0.3 is 41.8 Å². The highest BCUT2D eigenvalue weighted by atomic mass is 32.2. The number of aliphatic hydroxyl groups is 16. The second-order valence-electron chi connectivity index (χ2n) is 30.0. The van der Waals surface area contributed by atoms with Gasteiger partial charge in [0.05, 0.1) is 93.4 Å². The molecule has 24 N–H and O–H groups in total. The van der Waals surface area contributed by atoms with E-state index >= 15 is 0 Å². The molecule has 0 aromatic rings. The van der Waals surface area contributed by atoms with Gasteiger partial charge in [-0.25, -0.2) is 4.21 Å². The van der Waals surface area contributed by atoms with Crippen LogP contribution >= 0.6 is 82.3 Å². The molecule has 41 atom stereocenters. The summed E-state index contributed by atoms with van der Waals surface area (Å²) in [6, 6.07) is 0. The molecule has 0 saturated carbocycles. The fraction of sp³-hybridized carbons (Fsp3) is 0.899. The molecule has 48 nitrogen and oxygen atoms in total. The quantitative estimate of drug-likeness (QED) is 0.0203. The van der Waals surface area contributed by atoms with Crippen LogP contribution in [0.2, 0.25) is 0 Å². The van der Waals surface area contributed by atoms with E-state index in [0.717, 1.165) is 82.3 Å². The van der Waals surface area contributed by atoms with E-state index in [1.54, 1.807) is 0 Å². The Morgan fingerprint density at radius 1 is 0.200 bits per heavy atom. The number of hydrogen-bond acceptors (Lipinski definition) is 47. The number of hydrogen-bond donors (Lipinski definition) is 24. The fourth-order valence-electron chi connectivity index (χ4n) is 14.5. The summed E-state index contributed by atoms with van der Waals surface area (Å²) in [6.45, 7) is 0. The molecule has 1 unspecified atom stereocenters. The van der Waals surface area contributed by atoms with Crippen LogP contribution in [-0.4, -0.2) is 500 Å². The Bertz CT molecular complexity index is 3300. The predicted molar refractivity (Wildman–Crippen MR) is 427 cm³/mol. The highest BCUT2D eigenvalue weighted by Gasteiger charge is 2.61. The summed E-state index contributed by atoms with van der Waals surface area (Å²) < 4.78 is 122. The number of carboxylic acid groups (broad SMARTS) is 7. The molecule has 0 aromatic carbocycles. The van der Waals surface area contributed by atoms with Gasteiger partial charge < -0.3 is 198 Å². The molecule has 0 aliphatic carbocycles. The fourth-order valence-corrected chi connectivity index (χ4v) is 21.9. The van der Waals surface area contributed by atoms with Gasteiger partial charge in [-0.3, -0.25) is 33.6 Å². The highest BCUT2D eigenvalue weighted by molar-refractivity contribution is 8.00. The SMILES string of the molecule is O=C(O)CCSC[C@H]1O[C@@H]2O[C@H]3[C@H](O)[C@@H](O)[C@@H](O[C@H]4[C@H](O)[C@@H](O)[C@@H](O[C@H]5[C@H](O)[C@@H](O)[C@@H](O[C@H]6[C@H](O)[C@@H](O)[C@@H](O[C@H]7[C@H](O)[C@@H](O)[C@@H](O[C@H]8[C@H](O)[C@@H](O)[C@@H](O[C@H]9[C@H](O)[C@@H](O)[C@@H](O[C@H]1[C@H](O)[C@H]2O)O[C@@H]9CSCCC(=O)O)O[C@@H]8CSCCC(=O)O)O[C@@H]7CSCCC(=O)O)O[C@@H]6CS(=O)O)O[C@@H]5CSCCC(=O)O)O[C@@H]4CSCCC(=O)O)O[C@@H]3CSCCC(=O)O. The maximum atomic E-state index is 12.8. The summed E-state index contributed by atoms with van der Waals surface area (Å²) in [5.74, 6) is -13.8. The van der Waals surface area contributed by atoms with Crippen LogP contribution in [-0.2, 0) is 120 Å². The van der Waals surface area contributed by atoms with E-state index < -0.39 is 372 Å². The summed E-state index contributed by atoms with van der Waals surface area (Å²) in [5, 5.41) is 261. The minimum Gasteiger partial charge on any atom is -0.481 e. The number of carboxylic acids is 7. The third kappa shape index (κ3) is 29.5. The third-order valence-corrected chi connectivity index (χ3v) is 29.0. The number of ether oxygens (including phenoxy) is 16. The van der Waals surface area contributed by atoms with Gasteiger partial charge in [0.15, 0.2) is 61.4 Å². The minimum absolute atomic E-state index is 0.160. The van der Waals surface area contributed by atoms with E-state index in [-0.39, 0.29) is 57.5 Å². The molecule has 30 aliphatic rings. The van der Waals surface area contributed by atoms with E-state index in [9.17, 15) is 160 Å². The smallest absolute Gasteiger partial charge is 0.304 e. The van der Waals surface area contributed by atoms with Crippen molar-refractivity contribution < 1.29 is 236 Å². The van der Waals surface area contributed by atoms with Crippen molar-refractivity contribution in [3.05, 3.63) is 0 Å².